The summed E-state index contributed by atoms with van der Waals surface area (Å²) in [5.74, 6) is -0.492. The van der Waals surface area contributed by atoms with Crippen LogP contribution in [-0.2, 0) is 13.5 Å². The van der Waals surface area contributed by atoms with Gasteiger partial charge in [-0.2, -0.15) is 0 Å². The Balaban J connectivity index is 1.87. The van der Waals surface area contributed by atoms with Crippen LogP contribution in [0.15, 0.2) is 47.5 Å². The molecule has 1 aromatic heterocycles. The summed E-state index contributed by atoms with van der Waals surface area (Å²) in [4.78, 5) is 27.2. The predicted molar refractivity (Wildman–Crippen MR) is 102 cm³/mol. The van der Waals surface area contributed by atoms with Crippen LogP contribution in [0.25, 0.3) is 10.9 Å². The number of hydrogen-bond acceptors (Lipinski definition) is 3. The van der Waals surface area contributed by atoms with Gasteiger partial charge in [0, 0.05) is 18.0 Å². The highest BCUT2D eigenvalue weighted by Gasteiger charge is 2.38. The minimum atomic E-state index is -0.249. The summed E-state index contributed by atoms with van der Waals surface area (Å²) in [7, 11) is 1.98. The molecule has 0 saturated carbocycles. The number of carbonyl (C=O) groups excluding carboxylic acids is 2. The van der Waals surface area contributed by atoms with Crippen molar-refractivity contribution in [3.63, 3.8) is 0 Å². The average Bonchev–Trinajstić information content (AvgIpc) is 3.09. The maximum atomic E-state index is 13.1. The lowest BCUT2D eigenvalue weighted by atomic mass is 10.1. The summed E-state index contributed by atoms with van der Waals surface area (Å²) < 4.78 is 2.05. The Morgan fingerprint density at radius 3 is 2.36 bits per heavy atom. The van der Waals surface area contributed by atoms with Gasteiger partial charge in [-0.25, -0.2) is 4.90 Å². The van der Waals surface area contributed by atoms with Crippen LogP contribution < -0.4 is 4.90 Å². The van der Waals surface area contributed by atoms with Crippen LogP contribution in [-0.4, -0.2) is 22.6 Å². The van der Waals surface area contributed by atoms with Crippen LogP contribution in [0.4, 0.5) is 5.69 Å². The number of amides is 2. The molecule has 2 heterocycles. The molecule has 0 radical (unpaired) electrons. The molecule has 1 aliphatic heterocycles. The maximum Gasteiger partial charge on any atom is 0.266 e. The van der Waals surface area contributed by atoms with Gasteiger partial charge in [0.1, 0.15) is 0 Å². The summed E-state index contributed by atoms with van der Waals surface area (Å²) >= 11 is 1.62. The number of rotatable bonds is 3. The lowest BCUT2D eigenvalue weighted by Gasteiger charge is -2.14. The van der Waals surface area contributed by atoms with Gasteiger partial charge in [0.15, 0.2) is 0 Å². The number of carbonyl (C=O) groups is 2. The third-order valence-corrected chi connectivity index (χ3v) is 5.65. The summed E-state index contributed by atoms with van der Waals surface area (Å²) in [6, 6.07) is 13.3. The minimum Gasteiger partial charge on any atom is -0.339 e. The molecule has 4 nitrogen and oxygen atoms in total. The van der Waals surface area contributed by atoms with Gasteiger partial charge in [0.25, 0.3) is 11.8 Å². The van der Waals surface area contributed by atoms with Gasteiger partial charge in [-0.3, -0.25) is 9.59 Å². The molecule has 0 atom stereocenters. The van der Waals surface area contributed by atoms with E-state index in [2.05, 4.69) is 11.5 Å². The molecule has 25 heavy (non-hydrogen) atoms. The van der Waals surface area contributed by atoms with Crippen molar-refractivity contribution in [2.24, 2.45) is 7.05 Å². The predicted octanol–water partition coefficient (Wildman–Crippen LogP) is 4.26. The number of aryl methyl sites for hydroxylation is 2. The van der Waals surface area contributed by atoms with E-state index < -0.39 is 0 Å². The Morgan fingerprint density at radius 2 is 1.72 bits per heavy atom. The average molecular weight is 350 g/mol. The molecule has 4 rings (SSSR count). The molecule has 1 aliphatic rings. The third kappa shape index (κ3) is 2.23. The van der Waals surface area contributed by atoms with E-state index in [0.29, 0.717) is 16.8 Å². The first kappa shape index (κ1) is 16.0. The molecule has 0 aliphatic carbocycles. The smallest absolute Gasteiger partial charge is 0.266 e. The van der Waals surface area contributed by atoms with Gasteiger partial charge in [-0.15, -0.1) is 11.8 Å². The Bertz CT molecular complexity index is 1020. The second-order valence-electron chi connectivity index (χ2n) is 6.13. The van der Waals surface area contributed by atoms with Gasteiger partial charge in [-0.05, 0) is 48.6 Å². The largest absolute Gasteiger partial charge is 0.339 e. The van der Waals surface area contributed by atoms with E-state index in [1.807, 2.05) is 49.7 Å². The van der Waals surface area contributed by atoms with Gasteiger partial charge in [0.05, 0.1) is 21.8 Å². The fourth-order valence-electron chi connectivity index (χ4n) is 3.43. The molecule has 0 N–H and O–H groups in total. The fraction of sp³-hybridized carbons (Fsp3) is 0.200. The molecule has 2 aromatic carbocycles. The van der Waals surface area contributed by atoms with E-state index in [-0.39, 0.29) is 11.8 Å². The summed E-state index contributed by atoms with van der Waals surface area (Å²) in [5.41, 5.74) is 3.76. The van der Waals surface area contributed by atoms with Crippen molar-refractivity contribution in [2.75, 3.05) is 11.2 Å². The van der Waals surface area contributed by atoms with Crippen molar-refractivity contribution in [1.29, 1.82) is 0 Å². The molecule has 3 aromatic rings. The number of imide groups is 1. The van der Waals surface area contributed by atoms with E-state index in [4.69, 9.17) is 0 Å². The molecule has 0 fully saturated rings. The molecule has 0 saturated heterocycles. The van der Waals surface area contributed by atoms with Crippen molar-refractivity contribution in [2.45, 2.75) is 18.4 Å². The lowest BCUT2D eigenvalue weighted by molar-refractivity contribution is 0.0926. The zero-order valence-corrected chi connectivity index (χ0v) is 15.2. The van der Waals surface area contributed by atoms with Gasteiger partial charge in [-0.1, -0.05) is 19.1 Å². The first-order valence-electron chi connectivity index (χ1n) is 8.21. The summed E-state index contributed by atoms with van der Waals surface area (Å²) in [6.07, 6.45) is 2.92. The number of aromatic nitrogens is 1. The van der Waals surface area contributed by atoms with E-state index in [1.165, 1.54) is 10.5 Å². The Kier molecular flexibility index (Phi) is 3.69. The van der Waals surface area contributed by atoms with E-state index in [0.717, 1.165) is 22.3 Å². The summed E-state index contributed by atoms with van der Waals surface area (Å²) in [5, 5.41) is 1.91. The van der Waals surface area contributed by atoms with Gasteiger partial charge >= 0.3 is 0 Å². The van der Waals surface area contributed by atoms with Crippen molar-refractivity contribution >= 4 is 40.2 Å². The summed E-state index contributed by atoms with van der Waals surface area (Å²) in [6.45, 7) is 2.08. The number of benzene rings is 2. The molecular weight excluding hydrogens is 332 g/mol. The zero-order valence-electron chi connectivity index (χ0n) is 14.4. The number of anilines is 1. The molecule has 5 heteroatoms. The maximum absolute atomic E-state index is 13.1. The van der Waals surface area contributed by atoms with E-state index in [9.17, 15) is 9.59 Å². The van der Waals surface area contributed by atoms with Crippen LogP contribution in [0.2, 0.25) is 0 Å². The van der Waals surface area contributed by atoms with Crippen LogP contribution in [0.1, 0.15) is 33.2 Å². The minimum absolute atomic E-state index is 0.242. The zero-order chi connectivity index (χ0) is 17.7. The first-order chi connectivity index (χ1) is 12.1. The van der Waals surface area contributed by atoms with Crippen molar-refractivity contribution in [3.8, 4) is 0 Å². The van der Waals surface area contributed by atoms with Crippen molar-refractivity contribution in [3.05, 3.63) is 59.2 Å². The van der Waals surface area contributed by atoms with Crippen LogP contribution in [0.3, 0.4) is 0 Å². The highest BCUT2D eigenvalue weighted by atomic mass is 32.2. The normalized spacial score (nSPS) is 13.8. The quantitative estimate of drug-likeness (QED) is 0.523. The topological polar surface area (TPSA) is 42.3 Å². The Hall–Kier alpha value is -2.53. The van der Waals surface area contributed by atoms with Crippen LogP contribution in [0, 0.1) is 0 Å². The highest BCUT2D eigenvalue weighted by molar-refractivity contribution is 7.98. The van der Waals surface area contributed by atoms with Crippen molar-refractivity contribution < 1.29 is 9.59 Å². The number of thioether (sulfide) groups is 1. The van der Waals surface area contributed by atoms with E-state index >= 15 is 0 Å². The van der Waals surface area contributed by atoms with Crippen LogP contribution in [0.5, 0.6) is 0 Å². The number of hydrogen-bond donors (Lipinski definition) is 0. The highest BCUT2D eigenvalue weighted by Crippen LogP contribution is 2.36. The molecule has 126 valence electrons. The molecule has 2 amide bonds. The standard InChI is InChI=1S/C20H18N2O2S/c1-4-12-5-7-13(8-6-12)22-19(23)14-9-10-16-15(18(14)20(22)24)11-17(25-3)21(16)2/h5-11H,4H2,1-3H3. The number of nitrogens with zero attached hydrogens (tertiary/aromatic N) is 2. The monoisotopic (exact) mass is 350 g/mol. The fourth-order valence-corrected chi connectivity index (χ4v) is 4.04. The number of fused-ring (bicyclic) bond motifs is 3. The van der Waals surface area contributed by atoms with E-state index in [1.54, 1.807) is 17.8 Å². The lowest BCUT2D eigenvalue weighted by Crippen LogP contribution is -2.29. The molecular formula is C20H18N2O2S. The van der Waals surface area contributed by atoms with Crippen molar-refractivity contribution in [1.82, 2.24) is 4.57 Å². The first-order valence-corrected chi connectivity index (χ1v) is 9.43. The molecule has 0 unspecified atom stereocenters. The second-order valence-corrected chi connectivity index (χ2v) is 6.96. The van der Waals surface area contributed by atoms with Gasteiger partial charge < -0.3 is 4.57 Å². The Morgan fingerprint density at radius 1 is 1.00 bits per heavy atom. The molecule has 0 bridgehead atoms. The third-order valence-electron chi connectivity index (χ3n) is 4.84. The SMILES string of the molecule is CCc1ccc(N2C(=O)c3ccc4c(cc(SC)n4C)c3C2=O)cc1. The van der Waals surface area contributed by atoms with Crippen LogP contribution >= 0.6 is 11.8 Å². The Labute approximate surface area is 150 Å². The second kappa shape index (κ2) is 5.77. The molecule has 0 spiro atoms. The van der Waals surface area contributed by atoms with Gasteiger partial charge in [0.2, 0.25) is 0 Å².